The Bertz CT molecular complexity index is 1130. The van der Waals surface area contributed by atoms with Crippen LogP contribution in [0.2, 0.25) is 0 Å². The second-order valence-corrected chi connectivity index (χ2v) is 13.5. The Morgan fingerprint density at radius 3 is 2.23 bits per heavy atom. The van der Waals surface area contributed by atoms with Gasteiger partial charge < -0.3 is 58.0 Å². The highest BCUT2D eigenvalue weighted by Crippen LogP contribution is 2.36. The fourth-order valence-electron chi connectivity index (χ4n) is 6.53. The Labute approximate surface area is 282 Å². The van der Waals surface area contributed by atoms with E-state index in [0.29, 0.717) is 6.42 Å². The van der Waals surface area contributed by atoms with Crippen LogP contribution in [0.4, 0.5) is 0 Å². The number of methoxy groups -OCH3 is 3. The minimum atomic E-state index is -1.72. The fourth-order valence-corrected chi connectivity index (χ4v) is 6.53. The van der Waals surface area contributed by atoms with Crippen LogP contribution in [0.5, 0.6) is 0 Å². The molecule has 4 aliphatic rings. The molecule has 0 saturated carbocycles. The largest absolute Gasteiger partial charge is 0.459 e. The predicted octanol–water partition coefficient (Wildman–Crippen LogP) is 1.21. The Hall–Kier alpha value is -1.82. The van der Waals surface area contributed by atoms with Crippen molar-refractivity contribution in [2.24, 2.45) is 11.8 Å². The molecule has 3 N–H and O–H groups in total. The number of rotatable bonds is 8. The number of fused-ring (bicyclic) bond motifs is 1. The first kappa shape index (κ1) is 39.0. The van der Waals surface area contributed by atoms with Gasteiger partial charge in [0.25, 0.3) is 0 Å². The minimum absolute atomic E-state index is 0.0273. The number of cyclic esters (lactones) is 1. The highest BCUT2D eigenvalue weighted by molar-refractivity contribution is 5.96. The molecule has 0 amide bonds. The van der Waals surface area contributed by atoms with Crippen LogP contribution in [0, 0.1) is 11.8 Å². The number of aliphatic hydroxyl groups is 3. The van der Waals surface area contributed by atoms with Gasteiger partial charge in [0.2, 0.25) is 0 Å². The van der Waals surface area contributed by atoms with Crippen LogP contribution in [-0.4, -0.2) is 140 Å². The smallest absolute Gasteiger partial charge is 0.330 e. The number of aliphatic hydroxyl groups excluding tert-OH is 2. The van der Waals surface area contributed by atoms with Crippen LogP contribution in [0.25, 0.3) is 0 Å². The van der Waals surface area contributed by atoms with E-state index in [4.69, 9.17) is 42.6 Å². The standard InChI is InChI=1S/C34H54O14/c1-17-9-12-26(36)45-19(3)21(16-43-33-31(42-8)30(41-7)27(37)20(4)46-33)29-23(47-29)10-11-25(35)34(5,39)14-13-22(17)48-32-28(38)24(40-6)15-18(2)44-32/h9-12,17-24,27-33,37-39H,13-16H2,1-8H3/b11-10-,12-9-/t17?,18-,19?,20-,21?,22?,23?,24+,27-,28-,29?,30-,31-,32+,33-,34?/m1/s1. The molecule has 16 atom stereocenters. The Balaban J connectivity index is 1.53. The van der Waals surface area contributed by atoms with Gasteiger partial charge in [-0.15, -0.1) is 0 Å². The van der Waals surface area contributed by atoms with Crippen molar-refractivity contribution in [1.82, 2.24) is 0 Å². The molecule has 274 valence electrons. The van der Waals surface area contributed by atoms with E-state index in [0.717, 1.165) is 0 Å². The number of hydrogen-bond donors (Lipinski definition) is 3. The van der Waals surface area contributed by atoms with E-state index in [-0.39, 0.29) is 25.6 Å². The van der Waals surface area contributed by atoms with Crippen molar-refractivity contribution in [2.75, 3.05) is 27.9 Å². The molecule has 4 heterocycles. The molecule has 0 aromatic carbocycles. The van der Waals surface area contributed by atoms with Crippen LogP contribution in [-0.2, 0) is 52.2 Å². The van der Waals surface area contributed by atoms with Gasteiger partial charge in [-0.2, -0.15) is 0 Å². The molecule has 0 spiro atoms. The van der Waals surface area contributed by atoms with Crippen molar-refractivity contribution in [1.29, 1.82) is 0 Å². The van der Waals surface area contributed by atoms with Crippen LogP contribution >= 0.6 is 0 Å². The van der Waals surface area contributed by atoms with Crippen molar-refractivity contribution < 1.29 is 67.5 Å². The summed E-state index contributed by atoms with van der Waals surface area (Å²) < 4.78 is 52.3. The first-order valence-corrected chi connectivity index (χ1v) is 16.7. The monoisotopic (exact) mass is 686 g/mol. The maximum Gasteiger partial charge on any atom is 0.330 e. The molecular formula is C34H54O14. The third-order valence-corrected chi connectivity index (χ3v) is 9.85. The van der Waals surface area contributed by atoms with E-state index in [1.807, 2.05) is 13.8 Å². The van der Waals surface area contributed by atoms with E-state index in [1.54, 1.807) is 26.0 Å². The van der Waals surface area contributed by atoms with Crippen LogP contribution in [0.3, 0.4) is 0 Å². The lowest BCUT2D eigenvalue weighted by Crippen LogP contribution is -2.59. The minimum Gasteiger partial charge on any atom is -0.459 e. The van der Waals surface area contributed by atoms with Crippen molar-refractivity contribution in [3.63, 3.8) is 0 Å². The molecular weight excluding hydrogens is 632 g/mol. The summed E-state index contributed by atoms with van der Waals surface area (Å²) in [5, 5.41) is 32.5. The summed E-state index contributed by atoms with van der Waals surface area (Å²) in [6, 6.07) is 0. The van der Waals surface area contributed by atoms with Crippen molar-refractivity contribution >= 4 is 11.8 Å². The normalized spacial score (nSPS) is 47.5. The maximum atomic E-state index is 13.2. The second kappa shape index (κ2) is 16.9. The summed E-state index contributed by atoms with van der Waals surface area (Å²) in [4.78, 5) is 26.3. The zero-order valence-corrected chi connectivity index (χ0v) is 29.1. The number of carbonyl (C=O) groups is 2. The summed E-state index contributed by atoms with van der Waals surface area (Å²) in [7, 11) is 4.45. The van der Waals surface area contributed by atoms with E-state index in [9.17, 15) is 24.9 Å². The van der Waals surface area contributed by atoms with E-state index in [2.05, 4.69) is 0 Å². The zero-order chi connectivity index (χ0) is 35.3. The second-order valence-electron chi connectivity index (χ2n) is 13.5. The Morgan fingerprint density at radius 2 is 1.56 bits per heavy atom. The lowest BCUT2D eigenvalue weighted by molar-refractivity contribution is -0.305. The van der Waals surface area contributed by atoms with Crippen LogP contribution < -0.4 is 0 Å². The van der Waals surface area contributed by atoms with Crippen LogP contribution in [0.15, 0.2) is 24.3 Å². The highest BCUT2D eigenvalue weighted by atomic mass is 16.7. The van der Waals surface area contributed by atoms with Crippen molar-refractivity contribution in [3.05, 3.63) is 24.3 Å². The molecule has 14 nitrogen and oxygen atoms in total. The van der Waals surface area contributed by atoms with Gasteiger partial charge in [-0.05, 0) is 52.7 Å². The molecule has 0 aliphatic carbocycles. The fraction of sp³-hybridized carbons (Fsp3) is 0.824. The topological polar surface area (TPSA) is 181 Å². The first-order chi connectivity index (χ1) is 22.7. The van der Waals surface area contributed by atoms with Gasteiger partial charge in [0.15, 0.2) is 18.4 Å². The van der Waals surface area contributed by atoms with Gasteiger partial charge in [-0.3, -0.25) is 4.79 Å². The third-order valence-electron chi connectivity index (χ3n) is 9.85. The zero-order valence-electron chi connectivity index (χ0n) is 29.1. The quantitative estimate of drug-likeness (QED) is 0.245. The van der Waals surface area contributed by atoms with Crippen LogP contribution in [0.1, 0.15) is 53.9 Å². The molecule has 0 aromatic heterocycles. The Morgan fingerprint density at radius 1 is 0.854 bits per heavy atom. The molecule has 4 aliphatic heterocycles. The molecule has 3 fully saturated rings. The number of esters is 1. The molecule has 4 rings (SSSR count). The lowest BCUT2D eigenvalue weighted by Gasteiger charge is -2.42. The molecule has 0 bridgehead atoms. The number of carbonyl (C=O) groups excluding carboxylic acids is 2. The summed E-state index contributed by atoms with van der Waals surface area (Å²) in [5.41, 5.74) is -1.72. The predicted molar refractivity (Wildman–Crippen MR) is 169 cm³/mol. The van der Waals surface area contributed by atoms with Gasteiger partial charge in [0.1, 0.15) is 42.2 Å². The summed E-state index contributed by atoms with van der Waals surface area (Å²) >= 11 is 0. The number of ketones is 1. The Kier molecular flexibility index (Phi) is 13.7. The van der Waals surface area contributed by atoms with Gasteiger partial charge in [-0.25, -0.2) is 4.79 Å². The number of ether oxygens (including phenoxy) is 9. The van der Waals surface area contributed by atoms with Crippen molar-refractivity contribution in [2.45, 2.75) is 139 Å². The maximum absolute atomic E-state index is 13.2. The molecule has 14 heteroatoms. The SMILES string of the molecule is CO[C@@H]1[C@H](O)[C@@H](C)O[C@@H](OCC2C(C)OC(=O)/C=C\C(C)C(O[C@@H]3O[C@H](C)C[C@H](OC)[C@H]3O)CCC(C)(O)C(=O)/C=C\C3OC32)[C@@H]1OC. The molecule has 48 heavy (non-hydrogen) atoms. The molecule has 3 saturated heterocycles. The number of hydrogen-bond acceptors (Lipinski definition) is 14. The summed E-state index contributed by atoms with van der Waals surface area (Å²) in [5.74, 6) is -2.00. The van der Waals surface area contributed by atoms with Gasteiger partial charge in [-0.1, -0.05) is 13.0 Å². The molecule has 7 unspecified atom stereocenters. The first-order valence-electron chi connectivity index (χ1n) is 16.7. The molecule has 0 aromatic rings. The summed E-state index contributed by atoms with van der Waals surface area (Å²) in [6.07, 6.45) is -2.35. The highest BCUT2D eigenvalue weighted by Gasteiger charge is 2.49. The van der Waals surface area contributed by atoms with Crippen molar-refractivity contribution in [3.8, 4) is 0 Å². The molecule has 0 radical (unpaired) electrons. The van der Waals surface area contributed by atoms with E-state index >= 15 is 0 Å². The lowest BCUT2D eigenvalue weighted by atomic mass is 9.89. The van der Waals surface area contributed by atoms with Gasteiger partial charge in [0.05, 0.1) is 37.1 Å². The van der Waals surface area contributed by atoms with E-state index in [1.165, 1.54) is 40.4 Å². The average molecular weight is 687 g/mol. The number of epoxide rings is 1. The van der Waals surface area contributed by atoms with E-state index < -0.39 is 103 Å². The third kappa shape index (κ3) is 9.49. The average Bonchev–Trinajstić information content (AvgIpc) is 3.81. The summed E-state index contributed by atoms with van der Waals surface area (Å²) in [6.45, 7) is 8.58. The van der Waals surface area contributed by atoms with Gasteiger partial charge in [0, 0.05) is 45.7 Å². The van der Waals surface area contributed by atoms with Gasteiger partial charge >= 0.3 is 5.97 Å².